The Kier molecular flexibility index (Phi) is 7.94. The summed E-state index contributed by atoms with van der Waals surface area (Å²) >= 11 is 6.43. The van der Waals surface area contributed by atoms with Crippen molar-refractivity contribution in [3.63, 3.8) is 0 Å². The normalized spacial score (nSPS) is 14.6. The number of halogens is 1. The number of carbonyl (C=O) groups excluding carboxylic acids is 1. The molecule has 4 aromatic rings. The number of rotatable bonds is 10. The summed E-state index contributed by atoms with van der Waals surface area (Å²) in [7, 11) is 0. The molecule has 1 amide bonds. The lowest BCUT2D eigenvalue weighted by atomic mass is 9.95. The number of nitrogens with one attached hydrogen (secondary N) is 1. The minimum absolute atomic E-state index is 0.0706. The summed E-state index contributed by atoms with van der Waals surface area (Å²) in [4.78, 5) is 15.6. The average Bonchev–Trinajstić information content (AvgIpc) is 3.47. The molecule has 0 saturated carbocycles. The first kappa shape index (κ1) is 26.8. The fraction of sp³-hybridized carbons (Fsp3) is 0.312. The third kappa shape index (κ3) is 5.52. The number of aromatic amines is 1. The molecule has 2 heterocycles. The molecule has 1 atom stereocenters. The van der Waals surface area contributed by atoms with Crippen LogP contribution in [0.1, 0.15) is 77.0 Å². The summed E-state index contributed by atoms with van der Waals surface area (Å²) in [5.41, 5.74) is 6.07. The second kappa shape index (κ2) is 11.5. The quantitative estimate of drug-likeness (QED) is 0.200. The van der Waals surface area contributed by atoms with Crippen molar-refractivity contribution in [3.8, 4) is 22.8 Å². The van der Waals surface area contributed by atoms with Gasteiger partial charge < -0.3 is 14.7 Å². The molecule has 0 aliphatic carbocycles. The number of fused-ring (bicyclic) bond motifs is 1. The zero-order chi connectivity index (χ0) is 27.5. The predicted molar refractivity (Wildman–Crippen MR) is 154 cm³/mol. The van der Waals surface area contributed by atoms with Crippen molar-refractivity contribution in [3.05, 3.63) is 99.2 Å². The number of aromatic hydroxyl groups is 1. The van der Waals surface area contributed by atoms with Crippen molar-refractivity contribution in [2.75, 3.05) is 6.61 Å². The SMILES string of the molecule is CCCCCCOc1ccc(C2c3c(-c4cc(Cl)c(C)cc4O)n[nH]c3C(=O)N2Cc2ccc(C)cc2)cc1. The van der Waals surface area contributed by atoms with Crippen LogP contribution in [0, 0.1) is 13.8 Å². The fourth-order valence-corrected chi connectivity index (χ4v) is 5.29. The van der Waals surface area contributed by atoms with Gasteiger partial charge in [0.05, 0.1) is 12.6 Å². The molecule has 7 heteroatoms. The van der Waals surface area contributed by atoms with E-state index >= 15 is 0 Å². The summed E-state index contributed by atoms with van der Waals surface area (Å²) in [5.74, 6) is 0.740. The topological polar surface area (TPSA) is 78.5 Å². The lowest BCUT2D eigenvalue weighted by molar-refractivity contribution is 0.0730. The largest absolute Gasteiger partial charge is 0.507 e. The molecule has 0 radical (unpaired) electrons. The summed E-state index contributed by atoms with van der Waals surface area (Å²) < 4.78 is 5.97. The maximum Gasteiger partial charge on any atom is 0.273 e. The van der Waals surface area contributed by atoms with Gasteiger partial charge in [0, 0.05) is 22.7 Å². The molecule has 0 fully saturated rings. The highest BCUT2D eigenvalue weighted by molar-refractivity contribution is 6.31. The molecule has 1 aliphatic rings. The first-order chi connectivity index (χ1) is 18.9. The molecule has 39 heavy (non-hydrogen) atoms. The standard InChI is InChI=1S/C32H34ClN3O3/c1-4-5-6-7-16-39-24-14-12-23(13-15-24)31-28-29(25-18-26(33)21(3)17-27(25)37)34-35-30(28)32(38)36(31)19-22-10-8-20(2)9-11-22/h8-15,17-18,31,37H,4-7,16,19H2,1-3H3,(H,34,35). The van der Waals surface area contributed by atoms with Gasteiger partial charge in [0.1, 0.15) is 22.9 Å². The Bertz CT molecular complexity index is 1460. The molecule has 0 spiro atoms. The first-order valence-corrected chi connectivity index (χ1v) is 13.9. The first-order valence-electron chi connectivity index (χ1n) is 13.5. The van der Waals surface area contributed by atoms with Crippen LogP contribution in [0.25, 0.3) is 11.3 Å². The number of aryl methyl sites for hydroxylation is 2. The summed E-state index contributed by atoms with van der Waals surface area (Å²) in [6.45, 7) is 7.19. The molecule has 6 nitrogen and oxygen atoms in total. The lowest BCUT2D eigenvalue weighted by Crippen LogP contribution is -2.29. The van der Waals surface area contributed by atoms with E-state index in [1.165, 1.54) is 12.8 Å². The molecule has 0 bridgehead atoms. The van der Waals surface area contributed by atoms with Crippen molar-refractivity contribution in [2.24, 2.45) is 0 Å². The Morgan fingerprint density at radius 2 is 1.77 bits per heavy atom. The van der Waals surface area contributed by atoms with E-state index in [-0.39, 0.29) is 11.7 Å². The van der Waals surface area contributed by atoms with Gasteiger partial charge in [-0.3, -0.25) is 9.89 Å². The van der Waals surface area contributed by atoms with Crippen molar-refractivity contribution in [2.45, 2.75) is 59.0 Å². The second-order valence-electron chi connectivity index (χ2n) is 10.3. The van der Waals surface area contributed by atoms with Gasteiger partial charge in [0.15, 0.2) is 0 Å². The molecule has 5 rings (SSSR count). The molecule has 0 saturated heterocycles. The third-order valence-corrected chi connectivity index (χ3v) is 7.74. The highest BCUT2D eigenvalue weighted by atomic mass is 35.5. The van der Waals surface area contributed by atoms with Crippen molar-refractivity contribution >= 4 is 17.5 Å². The average molecular weight is 544 g/mol. The van der Waals surface area contributed by atoms with Crippen LogP contribution in [0.15, 0.2) is 60.7 Å². The number of ether oxygens (including phenoxy) is 1. The highest BCUT2D eigenvalue weighted by Gasteiger charge is 2.42. The minimum atomic E-state index is -0.402. The number of H-pyrrole nitrogens is 1. The van der Waals surface area contributed by atoms with E-state index in [0.717, 1.165) is 46.4 Å². The van der Waals surface area contributed by atoms with Gasteiger partial charge >= 0.3 is 0 Å². The Labute approximate surface area is 234 Å². The molecular weight excluding hydrogens is 510 g/mol. The van der Waals surface area contributed by atoms with Gasteiger partial charge in [-0.05, 0) is 61.2 Å². The van der Waals surface area contributed by atoms with E-state index in [1.54, 1.807) is 12.1 Å². The van der Waals surface area contributed by atoms with Crippen molar-refractivity contribution < 1.29 is 14.6 Å². The number of phenols is 1. The van der Waals surface area contributed by atoms with E-state index in [0.29, 0.717) is 35.1 Å². The Hall–Kier alpha value is -3.77. The number of carbonyl (C=O) groups is 1. The molecule has 1 aliphatic heterocycles. The summed E-state index contributed by atoms with van der Waals surface area (Å²) in [5, 5.41) is 18.8. The predicted octanol–water partition coefficient (Wildman–Crippen LogP) is 7.76. The number of amides is 1. The second-order valence-corrected chi connectivity index (χ2v) is 10.7. The van der Waals surface area contributed by atoms with Crippen LogP contribution in [0.2, 0.25) is 5.02 Å². The maximum atomic E-state index is 13.7. The van der Waals surface area contributed by atoms with Gasteiger partial charge in [-0.15, -0.1) is 0 Å². The lowest BCUT2D eigenvalue weighted by Gasteiger charge is -2.27. The number of nitrogens with zero attached hydrogens (tertiary/aromatic N) is 2. The Morgan fingerprint density at radius 1 is 1.03 bits per heavy atom. The summed E-state index contributed by atoms with van der Waals surface area (Å²) in [6.07, 6.45) is 4.60. The van der Waals surface area contributed by atoms with Crippen LogP contribution >= 0.6 is 11.6 Å². The molecule has 2 N–H and O–H groups in total. The monoisotopic (exact) mass is 543 g/mol. The molecular formula is C32H34ClN3O3. The zero-order valence-corrected chi connectivity index (χ0v) is 23.4. The van der Waals surface area contributed by atoms with Gasteiger partial charge in [-0.25, -0.2) is 0 Å². The molecule has 1 aromatic heterocycles. The van der Waals surface area contributed by atoms with Crippen LogP contribution in [-0.2, 0) is 6.54 Å². The van der Waals surface area contributed by atoms with E-state index in [1.807, 2.05) is 55.1 Å². The van der Waals surface area contributed by atoms with Gasteiger partial charge in [-0.2, -0.15) is 5.10 Å². The van der Waals surface area contributed by atoms with E-state index < -0.39 is 6.04 Å². The van der Waals surface area contributed by atoms with E-state index in [2.05, 4.69) is 29.3 Å². The van der Waals surface area contributed by atoms with E-state index in [4.69, 9.17) is 16.3 Å². The number of aromatic nitrogens is 2. The smallest absolute Gasteiger partial charge is 0.273 e. The van der Waals surface area contributed by atoms with Crippen LogP contribution in [0.4, 0.5) is 0 Å². The van der Waals surface area contributed by atoms with Crippen LogP contribution in [0.5, 0.6) is 11.5 Å². The zero-order valence-electron chi connectivity index (χ0n) is 22.6. The molecule has 3 aromatic carbocycles. The number of phenolic OH excluding ortho intramolecular Hbond substituents is 1. The summed E-state index contributed by atoms with van der Waals surface area (Å²) in [6, 6.07) is 19.1. The van der Waals surface area contributed by atoms with Crippen LogP contribution in [-0.4, -0.2) is 32.7 Å². The van der Waals surface area contributed by atoms with Gasteiger partial charge in [0.2, 0.25) is 0 Å². The Balaban J connectivity index is 1.52. The molecule has 202 valence electrons. The number of unbranched alkanes of at least 4 members (excludes halogenated alkanes) is 3. The van der Waals surface area contributed by atoms with E-state index in [9.17, 15) is 9.90 Å². The highest BCUT2D eigenvalue weighted by Crippen LogP contribution is 2.46. The number of benzene rings is 3. The van der Waals surface area contributed by atoms with Crippen LogP contribution in [0.3, 0.4) is 0 Å². The molecule has 1 unspecified atom stereocenters. The minimum Gasteiger partial charge on any atom is -0.507 e. The van der Waals surface area contributed by atoms with Crippen molar-refractivity contribution in [1.29, 1.82) is 0 Å². The maximum absolute atomic E-state index is 13.7. The number of hydrogen-bond donors (Lipinski definition) is 2. The Morgan fingerprint density at radius 3 is 2.49 bits per heavy atom. The third-order valence-electron chi connectivity index (χ3n) is 7.33. The van der Waals surface area contributed by atoms with Gasteiger partial charge in [0.25, 0.3) is 5.91 Å². The van der Waals surface area contributed by atoms with Crippen LogP contribution < -0.4 is 4.74 Å². The fourth-order valence-electron chi connectivity index (χ4n) is 5.12. The van der Waals surface area contributed by atoms with Crippen molar-refractivity contribution in [1.82, 2.24) is 15.1 Å². The number of hydrogen-bond acceptors (Lipinski definition) is 4. The van der Waals surface area contributed by atoms with Gasteiger partial charge in [-0.1, -0.05) is 79.7 Å².